The van der Waals surface area contributed by atoms with Gasteiger partial charge in [-0.1, -0.05) is 6.92 Å². The number of rotatable bonds is 1. The van der Waals surface area contributed by atoms with Crippen molar-refractivity contribution < 1.29 is 9.53 Å². The molecule has 4 nitrogen and oxygen atoms in total. The summed E-state index contributed by atoms with van der Waals surface area (Å²) in [5.41, 5.74) is -0.385. The van der Waals surface area contributed by atoms with Crippen LogP contribution in [0.1, 0.15) is 27.7 Å². The largest absolute Gasteiger partial charge is 0.444 e. The molecular weight excluding hydrogens is 216 g/mol. The maximum Gasteiger partial charge on any atom is 0.410 e. The number of carbonyl (C=O) groups is 1. The smallest absolute Gasteiger partial charge is 0.410 e. The lowest BCUT2D eigenvalue weighted by atomic mass is 10.0. The van der Waals surface area contributed by atoms with Crippen LogP contribution in [0.5, 0.6) is 0 Å². The van der Waals surface area contributed by atoms with Gasteiger partial charge in [0.2, 0.25) is 0 Å². The van der Waals surface area contributed by atoms with Crippen LogP contribution >= 0.6 is 0 Å². The molecule has 2 fully saturated rings. The number of hydrogen-bond acceptors (Lipinski definition) is 3. The highest BCUT2D eigenvalue weighted by Gasteiger charge is 2.42. The van der Waals surface area contributed by atoms with Gasteiger partial charge in [0, 0.05) is 26.2 Å². The molecule has 17 heavy (non-hydrogen) atoms. The molecule has 98 valence electrons. The van der Waals surface area contributed by atoms with Gasteiger partial charge in [-0.25, -0.2) is 4.79 Å². The topological polar surface area (TPSA) is 32.8 Å². The van der Waals surface area contributed by atoms with E-state index in [-0.39, 0.29) is 11.7 Å². The average molecular weight is 240 g/mol. The molecule has 0 aliphatic carbocycles. The molecule has 1 amide bonds. The zero-order chi connectivity index (χ0) is 12.6. The van der Waals surface area contributed by atoms with E-state index >= 15 is 0 Å². The minimum absolute atomic E-state index is 0.144. The molecule has 0 aromatic carbocycles. The second-order valence-corrected chi connectivity index (χ2v) is 6.26. The van der Waals surface area contributed by atoms with E-state index in [2.05, 4.69) is 11.8 Å². The standard InChI is InChI=1S/C13H24N2O2/c1-5-14-6-10-8-15(9-11(10)7-14)12(16)17-13(2,3)4/h10-11H,5-9H2,1-4H3/t10-,11+. The Kier molecular flexibility index (Phi) is 3.34. The molecule has 0 unspecified atom stereocenters. The van der Waals surface area contributed by atoms with Gasteiger partial charge >= 0.3 is 6.09 Å². The Hall–Kier alpha value is -0.770. The fraction of sp³-hybridized carbons (Fsp3) is 0.923. The quantitative estimate of drug-likeness (QED) is 0.700. The van der Waals surface area contributed by atoms with Gasteiger partial charge in [0.25, 0.3) is 0 Å². The highest BCUT2D eigenvalue weighted by molar-refractivity contribution is 5.68. The number of likely N-dealkylation sites (tertiary alicyclic amines) is 2. The van der Waals surface area contributed by atoms with Crippen LogP contribution < -0.4 is 0 Å². The highest BCUT2D eigenvalue weighted by atomic mass is 16.6. The Bertz CT molecular complexity index is 284. The molecule has 4 heteroatoms. The Morgan fingerprint density at radius 1 is 1.18 bits per heavy atom. The van der Waals surface area contributed by atoms with E-state index in [1.165, 1.54) is 0 Å². The third kappa shape index (κ3) is 2.92. The molecular formula is C13H24N2O2. The van der Waals surface area contributed by atoms with Gasteiger partial charge in [-0.3, -0.25) is 0 Å². The molecule has 2 atom stereocenters. The van der Waals surface area contributed by atoms with Gasteiger partial charge in [-0.05, 0) is 39.2 Å². The van der Waals surface area contributed by atoms with E-state index in [9.17, 15) is 4.79 Å². The normalized spacial score (nSPS) is 29.5. The predicted molar refractivity (Wildman–Crippen MR) is 66.9 cm³/mol. The summed E-state index contributed by atoms with van der Waals surface area (Å²) >= 11 is 0. The van der Waals surface area contributed by atoms with Gasteiger partial charge in [0.05, 0.1) is 0 Å². The van der Waals surface area contributed by atoms with E-state index in [0.29, 0.717) is 11.8 Å². The first kappa shape index (κ1) is 12.7. The Morgan fingerprint density at radius 3 is 2.12 bits per heavy atom. The summed E-state index contributed by atoms with van der Waals surface area (Å²) in [6.07, 6.45) is -0.144. The van der Waals surface area contributed by atoms with E-state index in [0.717, 1.165) is 32.7 Å². The van der Waals surface area contributed by atoms with E-state index in [1.54, 1.807) is 0 Å². The van der Waals surface area contributed by atoms with E-state index in [1.807, 2.05) is 25.7 Å². The summed E-state index contributed by atoms with van der Waals surface area (Å²) in [7, 11) is 0. The lowest BCUT2D eigenvalue weighted by Gasteiger charge is -2.25. The molecule has 0 saturated carbocycles. The van der Waals surface area contributed by atoms with Gasteiger partial charge in [-0.15, -0.1) is 0 Å². The summed E-state index contributed by atoms with van der Waals surface area (Å²) in [6, 6.07) is 0. The van der Waals surface area contributed by atoms with Crippen LogP contribution in [-0.4, -0.2) is 54.2 Å². The summed E-state index contributed by atoms with van der Waals surface area (Å²) in [6.45, 7) is 13.1. The van der Waals surface area contributed by atoms with Crippen molar-refractivity contribution in [2.45, 2.75) is 33.3 Å². The van der Waals surface area contributed by atoms with Crippen LogP contribution in [0.25, 0.3) is 0 Å². The van der Waals surface area contributed by atoms with Crippen LogP contribution in [-0.2, 0) is 4.74 Å². The molecule has 0 aromatic heterocycles. The third-order valence-corrected chi connectivity index (χ3v) is 3.66. The molecule has 2 aliphatic heterocycles. The van der Waals surface area contributed by atoms with Crippen LogP contribution in [0.15, 0.2) is 0 Å². The minimum atomic E-state index is -0.385. The van der Waals surface area contributed by atoms with Crippen molar-refractivity contribution in [1.82, 2.24) is 9.80 Å². The second kappa shape index (κ2) is 4.48. The lowest BCUT2D eigenvalue weighted by molar-refractivity contribution is 0.0275. The van der Waals surface area contributed by atoms with Crippen LogP contribution in [0.3, 0.4) is 0 Å². The molecule has 0 radical (unpaired) electrons. The summed E-state index contributed by atoms with van der Waals surface area (Å²) in [5.74, 6) is 1.31. The maximum absolute atomic E-state index is 11.9. The first-order chi connectivity index (χ1) is 7.89. The monoisotopic (exact) mass is 240 g/mol. The lowest BCUT2D eigenvalue weighted by Crippen LogP contribution is -2.37. The van der Waals surface area contributed by atoms with E-state index in [4.69, 9.17) is 4.74 Å². The molecule has 0 aromatic rings. The molecule has 2 rings (SSSR count). The Balaban J connectivity index is 1.86. The molecule has 2 heterocycles. The number of hydrogen-bond donors (Lipinski definition) is 0. The second-order valence-electron chi connectivity index (χ2n) is 6.26. The van der Waals surface area contributed by atoms with Crippen molar-refractivity contribution in [3.8, 4) is 0 Å². The molecule has 0 bridgehead atoms. The minimum Gasteiger partial charge on any atom is -0.444 e. The molecule has 2 saturated heterocycles. The van der Waals surface area contributed by atoms with Gasteiger partial charge in [-0.2, -0.15) is 0 Å². The SMILES string of the molecule is CCN1C[C@@H]2CN(C(=O)OC(C)(C)C)C[C@@H]2C1. The summed E-state index contributed by atoms with van der Waals surface area (Å²) in [5, 5.41) is 0. The van der Waals surface area contributed by atoms with Crippen molar-refractivity contribution in [3.05, 3.63) is 0 Å². The fourth-order valence-electron chi connectivity index (χ4n) is 2.82. The van der Waals surface area contributed by atoms with Crippen LogP contribution in [0, 0.1) is 11.8 Å². The Morgan fingerprint density at radius 2 is 1.71 bits per heavy atom. The molecule has 0 spiro atoms. The van der Waals surface area contributed by atoms with Crippen molar-refractivity contribution >= 4 is 6.09 Å². The first-order valence-corrected chi connectivity index (χ1v) is 6.59. The number of amides is 1. The molecule has 2 aliphatic rings. The van der Waals surface area contributed by atoms with Crippen molar-refractivity contribution in [1.29, 1.82) is 0 Å². The van der Waals surface area contributed by atoms with Crippen molar-refractivity contribution in [2.75, 3.05) is 32.7 Å². The summed E-state index contributed by atoms with van der Waals surface area (Å²) < 4.78 is 5.41. The number of ether oxygens (including phenoxy) is 1. The van der Waals surface area contributed by atoms with Gasteiger partial charge in [0.1, 0.15) is 5.60 Å². The van der Waals surface area contributed by atoms with Crippen LogP contribution in [0.2, 0.25) is 0 Å². The van der Waals surface area contributed by atoms with Gasteiger partial charge < -0.3 is 14.5 Å². The third-order valence-electron chi connectivity index (χ3n) is 3.66. The number of carbonyl (C=O) groups excluding carboxylic acids is 1. The van der Waals surface area contributed by atoms with E-state index < -0.39 is 0 Å². The average Bonchev–Trinajstić information content (AvgIpc) is 2.70. The van der Waals surface area contributed by atoms with Crippen molar-refractivity contribution in [2.24, 2.45) is 11.8 Å². The molecule has 0 N–H and O–H groups in total. The predicted octanol–water partition coefficient (Wildman–Crippen LogP) is 1.80. The fourth-order valence-corrected chi connectivity index (χ4v) is 2.82. The number of nitrogens with zero attached hydrogens (tertiary/aromatic N) is 2. The zero-order valence-electron chi connectivity index (χ0n) is 11.4. The van der Waals surface area contributed by atoms with Gasteiger partial charge in [0.15, 0.2) is 0 Å². The Labute approximate surface area is 104 Å². The maximum atomic E-state index is 11.9. The summed E-state index contributed by atoms with van der Waals surface area (Å²) in [4.78, 5) is 16.3. The number of fused-ring (bicyclic) bond motifs is 1. The van der Waals surface area contributed by atoms with Crippen molar-refractivity contribution in [3.63, 3.8) is 0 Å². The zero-order valence-corrected chi connectivity index (χ0v) is 11.4. The first-order valence-electron chi connectivity index (χ1n) is 6.59. The van der Waals surface area contributed by atoms with Crippen LogP contribution in [0.4, 0.5) is 4.79 Å². The highest BCUT2D eigenvalue weighted by Crippen LogP contribution is 2.31.